The third-order valence-electron chi connectivity index (χ3n) is 1.78. The average molecular weight is 234 g/mol. The molecule has 0 fully saturated rings. The summed E-state index contributed by atoms with van der Waals surface area (Å²) >= 11 is 1.26. The minimum Gasteiger partial charge on any atom is -0.258 e. The Kier molecular flexibility index (Phi) is 2.97. The summed E-state index contributed by atoms with van der Waals surface area (Å²) in [6.45, 7) is 0. The molecular formula is C9H6N4O2S. The Labute approximate surface area is 94.6 Å². The van der Waals surface area contributed by atoms with Crippen LogP contribution in [0.4, 0.5) is 5.69 Å². The van der Waals surface area contributed by atoms with Crippen LogP contribution in [0, 0.1) is 10.1 Å². The predicted octanol–water partition coefficient (Wildman–Crippen LogP) is 2.01. The van der Waals surface area contributed by atoms with Crippen molar-refractivity contribution in [2.75, 3.05) is 0 Å². The van der Waals surface area contributed by atoms with Crippen molar-refractivity contribution in [3.63, 3.8) is 0 Å². The molecular weight excluding hydrogens is 228 g/mol. The third-order valence-corrected chi connectivity index (χ3v) is 2.31. The second-order valence-electron chi connectivity index (χ2n) is 2.86. The molecule has 0 bridgehead atoms. The number of nitrogens with zero attached hydrogens (tertiary/aromatic N) is 4. The summed E-state index contributed by atoms with van der Waals surface area (Å²) in [6.07, 6.45) is 4.69. The molecule has 0 unspecified atom stereocenters. The SMILES string of the molecule is O=[N+]([O-])c1ccc(C=Cc2csnn2)nc1. The van der Waals surface area contributed by atoms with Crippen molar-refractivity contribution in [3.05, 3.63) is 45.2 Å². The molecule has 0 aliphatic rings. The molecule has 0 aliphatic heterocycles. The lowest BCUT2D eigenvalue weighted by Gasteiger charge is -1.91. The fraction of sp³-hybridized carbons (Fsp3) is 0. The first-order chi connectivity index (χ1) is 7.75. The molecule has 0 aromatic carbocycles. The summed E-state index contributed by atoms with van der Waals surface area (Å²) in [6, 6.07) is 2.99. The van der Waals surface area contributed by atoms with E-state index in [-0.39, 0.29) is 5.69 Å². The molecule has 80 valence electrons. The van der Waals surface area contributed by atoms with Crippen LogP contribution in [0.2, 0.25) is 0 Å². The van der Waals surface area contributed by atoms with Crippen LogP contribution in [0.3, 0.4) is 0 Å². The van der Waals surface area contributed by atoms with E-state index < -0.39 is 4.92 Å². The molecule has 2 aromatic heterocycles. The normalized spacial score (nSPS) is 10.8. The topological polar surface area (TPSA) is 81.8 Å². The van der Waals surface area contributed by atoms with Gasteiger partial charge in [-0.1, -0.05) is 4.49 Å². The molecule has 0 aliphatic carbocycles. The molecule has 0 saturated heterocycles. The zero-order valence-corrected chi connectivity index (χ0v) is 8.79. The number of pyridine rings is 1. The van der Waals surface area contributed by atoms with Gasteiger partial charge in [0, 0.05) is 11.4 Å². The highest BCUT2D eigenvalue weighted by atomic mass is 32.1. The van der Waals surface area contributed by atoms with Gasteiger partial charge < -0.3 is 0 Å². The number of aromatic nitrogens is 3. The van der Waals surface area contributed by atoms with Crippen LogP contribution < -0.4 is 0 Å². The third kappa shape index (κ3) is 2.45. The van der Waals surface area contributed by atoms with Crippen molar-refractivity contribution in [1.82, 2.24) is 14.6 Å². The first-order valence-electron chi connectivity index (χ1n) is 4.31. The standard InChI is InChI=1S/C9H6N4O2S/c14-13(15)9-4-3-7(10-5-9)1-2-8-6-16-12-11-8/h1-6H. The fourth-order valence-corrected chi connectivity index (χ4v) is 1.44. The van der Waals surface area contributed by atoms with E-state index in [0.717, 1.165) is 5.69 Å². The maximum Gasteiger partial charge on any atom is 0.287 e. The molecule has 0 radical (unpaired) electrons. The number of rotatable bonds is 3. The maximum absolute atomic E-state index is 10.4. The quantitative estimate of drug-likeness (QED) is 0.599. The van der Waals surface area contributed by atoms with Crippen LogP contribution in [0.25, 0.3) is 12.2 Å². The summed E-state index contributed by atoms with van der Waals surface area (Å²) in [5, 5.41) is 16.0. The summed E-state index contributed by atoms with van der Waals surface area (Å²) < 4.78 is 3.70. The molecule has 7 heteroatoms. The number of nitro groups is 1. The Hall–Kier alpha value is -2.15. The Morgan fingerprint density at radius 3 is 2.69 bits per heavy atom. The molecule has 0 atom stereocenters. The van der Waals surface area contributed by atoms with Crippen molar-refractivity contribution in [2.24, 2.45) is 0 Å². The zero-order chi connectivity index (χ0) is 11.4. The molecule has 2 rings (SSSR count). The van der Waals surface area contributed by atoms with E-state index in [1.807, 2.05) is 0 Å². The van der Waals surface area contributed by atoms with Gasteiger partial charge in [0.05, 0.1) is 16.3 Å². The lowest BCUT2D eigenvalue weighted by molar-refractivity contribution is -0.385. The highest BCUT2D eigenvalue weighted by Crippen LogP contribution is 2.10. The molecule has 6 nitrogen and oxygen atoms in total. The van der Waals surface area contributed by atoms with Crippen molar-refractivity contribution in [3.8, 4) is 0 Å². The van der Waals surface area contributed by atoms with Crippen molar-refractivity contribution in [2.45, 2.75) is 0 Å². The first kappa shape index (κ1) is 10.4. The molecule has 0 N–H and O–H groups in total. The van der Waals surface area contributed by atoms with Crippen molar-refractivity contribution in [1.29, 1.82) is 0 Å². The minimum atomic E-state index is -0.481. The summed E-state index contributed by atoms with van der Waals surface area (Å²) in [7, 11) is 0. The molecule has 0 spiro atoms. The van der Waals surface area contributed by atoms with Gasteiger partial charge in [0.1, 0.15) is 6.20 Å². The molecule has 0 amide bonds. The van der Waals surface area contributed by atoms with Gasteiger partial charge in [0.2, 0.25) is 0 Å². The van der Waals surface area contributed by atoms with Gasteiger partial charge in [-0.25, -0.2) is 4.98 Å². The van der Waals surface area contributed by atoms with Gasteiger partial charge in [-0.3, -0.25) is 10.1 Å². The lowest BCUT2D eigenvalue weighted by Crippen LogP contribution is -1.89. The molecule has 2 aromatic rings. The first-order valence-corrected chi connectivity index (χ1v) is 5.15. The van der Waals surface area contributed by atoms with E-state index in [9.17, 15) is 10.1 Å². The Morgan fingerprint density at radius 2 is 2.12 bits per heavy atom. The number of hydrogen-bond donors (Lipinski definition) is 0. The minimum absolute atomic E-state index is 0.0209. The van der Waals surface area contributed by atoms with Gasteiger partial charge in [-0.15, -0.1) is 5.10 Å². The summed E-state index contributed by atoms with van der Waals surface area (Å²) in [4.78, 5) is 13.8. The maximum atomic E-state index is 10.4. The van der Waals surface area contributed by atoms with Gasteiger partial charge in [-0.05, 0) is 29.8 Å². The second-order valence-corrected chi connectivity index (χ2v) is 3.47. The molecule has 0 saturated carbocycles. The van der Waals surface area contributed by atoms with E-state index in [0.29, 0.717) is 5.69 Å². The largest absolute Gasteiger partial charge is 0.287 e. The van der Waals surface area contributed by atoms with Crippen LogP contribution in [0.15, 0.2) is 23.7 Å². The van der Waals surface area contributed by atoms with Crippen LogP contribution in [0.1, 0.15) is 11.4 Å². The van der Waals surface area contributed by atoms with Crippen molar-refractivity contribution < 1.29 is 4.92 Å². The van der Waals surface area contributed by atoms with Crippen molar-refractivity contribution >= 4 is 29.4 Å². The lowest BCUT2D eigenvalue weighted by atomic mass is 10.3. The van der Waals surface area contributed by atoms with Gasteiger partial charge >= 0.3 is 0 Å². The van der Waals surface area contributed by atoms with E-state index in [4.69, 9.17) is 0 Å². The van der Waals surface area contributed by atoms with Crippen LogP contribution in [-0.2, 0) is 0 Å². The zero-order valence-electron chi connectivity index (χ0n) is 7.98. The predicted molar refractivity (Wildman–Crippen MR) is 59.7 cm³/mol. The summed E-state index contributed by atoms with van der Waals surface area (Å²) in [5.41, 5.74) is 1.36. The smallest absolute Gasteiger partial charge is 0.258 e. The van der Waals surface area contributed by atoms with Gasteiger partial charge in [0.15, 0.2) is 0 Å². The van der Waals surface area contributed by atoms with E-state index in [1.54, 1.807) is 23.6 Å². The van der Waals surface area contributed by atoms with E-state index in [2.05, 4.69) is 14.6 Å². The highest BCUT2D eigenvalue weighted by Gasteiger charge is 2.03. The number of hydrogen-bond acceptors (Lipinski definition) is 6. The Balaban J connectivity index is 2.14. The Morgan fingerprint density at radius 1 is 1.31 bits per heavy atom. The fourth-order valence-electron chi connectivity index (χ4n) is 1.02. The second kappa shape index (κ2) is 4.58. The van der Waals surface area contributed by atoms with Gasteiger partial charge in [0.25, 0.3) is 5.69 Å². The monoisotopic (exact) mass is 234 g/mol. The van der Waals surface area contributed by atoms with E-state index >= 15 is 0 Å². The van der Waals surface area contributed by atoms with Gasteiger partial charge in [-0.2, -0.15) is 0 Å². The Bertz CT molecular complexity index is 507. The van der Waals surface area contributed by atoms with Crippen LogP contribution >= 0.6 is 11.5 Å². The van der Waals surface area contributed by atoms with Crippen LogP contribution in [0.5, 0.6) is 0 Å². The highest BCUT2D eigenvalue weighted by molar-refractivity contribution is 7.03. The molecule has 2 heterocycles. The van der Waals surface area contributed by atoms with Crippen LogP contribution in [-0.4, -0.2) is 19.5 Å². The molecule has 16 heavy (non-hydrogen) atoms. The summed E-state index contributed by atoms with van der Waals surface area (Å²) in [5.74, 6) is 0. The van der Waals surface area contributed by atoms with E-state index in [1.165, 1.54) is 23.8 Å². The average Bonchev–Trinajstić information content (AvgIpc) is 2.80.